The van der Waals surface area contributed by atoms with Gasteiger partial charge in [0.25, 0.3) is 0 Å². The number of anilines is 2. The maximum atomic E-state index is 12.0. The molecule has 0 bridgehead atoms. The van der Waals surface area contributed by atoms with Crippen molar-refractivity contribution in [3.05, 3.63) is 48.5 Å². The summed E-state index contributed by atoms with van der Waals surface area (Å²) in [5, 5.41) is 5.90. The lowest BCUT2D eigenvalue weighted by molar-refractivity contribution is -0.114. The predicted molar refractivity (Wildman–Crippen MR) is 92.3 cm³/mol. The number of hydrogen-bond acceptors (Lipinski definition) is 4. The number of methoxy groups -OCH3 is 1. The van der Waals surface area contributed by atoms with Gasteiger partial charge in [-0.1, -0.05) is 12.1 Å². The summed E-state index contributed by atoms with van der Waals surface area (Å²) >= 11 is 0. The first-order chi connectivity index (χ1) is 11.1. The average molecular weight is 314 g/mol. The molecule has 0 heterocycles. The number of hydrogen-bond donors (Lipinski definition) is 2. The van der Waals surface area contributed by atoms with E-state index in [1.165, 1.54) is 0 Å². The number of nitrogens with one attached hydrogen (secondary N) is 2. The van der Waals surface area contributed by atoms with Crippen LogP contribution < -0.4 is 20.1 Å². The molecule has 0 aliphatic rings. The molecular weight excluding hydrogens is 292 g/mol. The van der Waals surface area contributed by atoms with E-state index in [0.29, 0.717) is 5.69 Å². The molecule has 2 aromatic rings. The van der Waals surface area contributed by atoms with E-state index in [-0.39, 0.29) is 18.6 Å². The molecule has 1 amide bonds. The molecule has 5 heteroatoms. The standard InChI is InChI=1S/C18H22N2O3/c1-13(2)23-17-9-5-7-15(11-17)20-18(21)12-19-14-6-4-8-16(10-14)22-3/h4-11,13,19H,12H2,1-3H3,(H,20,21). The summed E-state index contributed by atoms with van der Waals surface area (Å²) in [7, 11) is 1.61. The summed E-state index contributed by atoms with van der Waals surface area (Å²) in [5.74, 6) is 1.35. The van der Waals surface area contributed by atoms with Crippen LogP contribution in [-0.2, 0) is 4.79 Å². The Morgan fingerprint density at radius 2 is 1.70 bits per heavy atom. The van der Waals surface area contributed by atoms with Crippen LogP contribution in [-0.4, -0.2) is 25.7 Å². The molecule has 0 aliphatic heterocycles. The maximum Gasteiger partial charge on any atom is 0.243 e. The molecule has 2 rings (SSSR count). The quantitative estimate of drug-likeness (QED) is 0.821. The highest BCUT2D eigenvalue weighted by Gasteiger charge is 2.05. The molecule has 23 heavy (non-hydrogen) atoms. The monoisotopic (exact) mass is 314 g/mol. The largest absolute Gasteiger partial charge is 0.497 e. The van der Waals surface area contributed by atoms with Crippen molar-refractivity contribution in [3.63, 3.8) is 0 Å². The van der Waals surface area contributed by atoms with Crippen LogP contribution in [0.4, 0.5) is 11.4 Å². The van der Waals surface area contributed by atoms with Gasteiger partial charge in [0, 0.05) is 23.5 Å². The second-order valence-corrected chi connectivity index (χ2v) is 5.33. The maximum absolute atomic E-state index is 12.0. The molecular formula is C18H22N2O3. The summed E-state index contributed by atoms with van der Waals surface area (Å²) in [6, 6.07) is 14.8. The van der Waals surface area contributed by atoms with Gasteiger partial charge in [-0.25, -0.2) is 0 Å². The van der Waals surface area contributed by atoms with E-state index >= 15 is 0 Å². The average Bonchev–Trinajstić information content (AvgIpc) is 2.53. The summed E-state index contributed by atoms with van der Waals surface area (Å²) < 4.78 is 10.8. The number of carbonyl (C=O) groups is 1. The molecule has 0 spiro atoms. The number of benzene rings is 2. The topological polar surface area (TPSA) is 59.6 Å². The van der Waals surface area contributed by atoms with Crippen molar-refractivity contribution in [2.75, 3.05) is 24.3 Å². The number of carbonyl (C=O) groups excluding carboxylic acids is 1. The van der Waals surface area contributed by atoms with Gasteiger partial charge >= 0.3 is 0 Å². The Kier molecular flexibility index (Phi) is 5.86. The Bertz CT molecular complexity index is 656. The smallest absolute Gasteiger partial charge is 0.243 e. The van der Waals surface area contributed by atoms with Gasteiger partial charge in [0.15, 0.2) is 0 Å². The molecule has 2 aromatic carbocycles. The van der Waals surface area contributed by atoms with E-state index < -0.39 is 0 Å². The van der Waals surface area contributed by atoms with E-state index in [4.69, 9.17) is 9.47 Å². The van der Waals surface area contributed by atoms with Crippen LogP contribution >= 0.6 is 0 Å². The van der Waals surface area contributed by atoms with Crippen molar-refractivity contribution >= 4 is 17.3 Å². The molecule has 2 N–H and O–H groups in total. The summed E-state index contributed by atoms with van der Waals surface area (Å²) in [5.41, 5.74) is 1.54. The van der Waals surface area contributed by atoms with Gasteiger partial charge < -0.3 is 20.1 Å². The predicted octanol–water partition coefficient (Wildman–Crippen LogP) is 3.53. The molecule has 0 saturated carbocycles. The van der Waals surface area contributed by atoms with Gasteiger partial charge in [0.1, 0.15) is 11.5 Å². The molecule has 0 aliphatic carbocycles. The van der Waals surface area contributed by atoms with Gasteiger partial charge in [0.2, 0.25) is 5.91 Å². The highest BCUT2D eigenvalue weighted by atomic mass is 16.5. The van der Waals surface area contributed by atoms with Crippen molar-refractivity contribution in [1.29, 1.82) is 0 Å². The lowest BCUT2D eigenvalue weighted by Crippen LogP contribution is -2.21. The molecule has 0 unspecified atom stereocenters. The van der Waals surface area contributed by atoms with E-state index in [9.17, 15) is 4.79 Å². The third-order valence-electron chi connectivity index (χ3n) is 3.01. The van der Waals surface area contributed by atoms with Crippen molar-refractivity contribution in [2.24, 2.45) is 0 Å². The highest BCUT2D eigenvalue weighted by molar-refractivity contribution is 5.93. The minimum Gasteiger partial charge on any atom is -0.497 e. The first-order valence-electron chi connectivity index (χ1n) is 7.51. The van der Waals surface area contributed by atoms with Crippen molar-refractivity contribution in [1.82, 2.24) is 0 Å². The van der Waals surface area contributed by atoms with Crippen molar-refractivity contribution in [3.8, 4) is 11.5 Å². The van der Waals surface area contributed by atoms with Gasteiger partial charge in [-0.2, -0.15) is 0 Å². The fraction of sp³-hybridized carbons (Fsp3) is 0.278. The normalized spacial score (nSPS) is 10.3. The van der Waals surface area contributed by atoms with Crippen LogP contribution in [0.5, 0.6) is 11.5 Å². The van der Waals surface area contributed by atoms with Gasteiger partial charge in [-0.15, -0.1) is 0 Å². The first-order valence-corrected chi connectivity index (χ1v) is 7.51. The van der Waals surface area contributed by atoms with Crippen LogP contribution in [0, 0.1) is 0 Å². The molecule has 0 radical (unpaired) electrons. The zero-order valence-corrected chi connectivity index (χ0v) is 13.6. The lowest BCUT2D eigenvalue weighted by Gasteiger charge is -2.12. The fourth-order valence-corrected chi connectivity index (χ4v) is 2.04. The second-order valence-electron chi connectivity index (χ2n) is 5.33. The van der Waals surface area contributed by atoms with E-state index in [0.717, 1.165) is 17.2 Å². The Labute approximate surface area is 136 Å². The van der Waals surface area contributed by atoms with E-state index in [1.54, 1.807) is 7.11 Å². The Hall–Kier alpha value is -2.69. The third kappa shape index (κ3) is 5.54. The molecule has 0 atom stereocenters. The van der Waals surface area contributed by atoms with Crippen LogP contribution in [0.25, 0.3) is 0 Å². The first kappa shape index (κ1) is 16.7. The van der Waals surface area contributed by atoms with E-state index in [1.807, 2.05) is 62.4 Å². The minimum absolute atomic E-state index is 0.0932. The number of rotatable bonds is 7. The van der Waals surface area contributed by atoms with Crippen LogP contribution in [0.3, 0.4) is 0 Å². The van der Waals surface area contributed by atoms with Gasteiger partial charge in [-0.05, 0) is 38.1 Å². The van der Waals surface area contributed by atoms with Gasteiger partial charge in [-0.3, -0.25) is 4.79 Å². The van der Waals surface area contributed by atoms with Gasteiger partial charge in [0.05, 0.1) is 19.8 Å². The lowest BCUT2D eigenvalue weighted by atomic mass is 10.3. The number of ether oxygens (including phenoxy) is 2. The zero-order chi connectivity index (χ0) is 16.7. The Morgan fingerprint density at radius 3 is 2.39 bits per heavy atom. The van der Waals surface area contributed by atoms with Crippen LogP contribution in [0.1, 0.15) is 13.8 Å². The van der Waals surface area contributed by atoms with Crippen molar-refractivity contribution < 1.29 is 14.3 Å². The minimum atomic E-state index is -0.130. The van der Waals surface area contributed by atoms with Crippen LogP contribution in [0.15, 0.2) is 48.5 Å². The summed E-state index contributed by atoms with van der Waals surface area (Å²) in [6.07, 6.45) is 0.0932. The van der Waals surface area contributed by atoms with Crippen molar-refractivity contribution in [2.45, 2.75) is 20.0 Å². The highest BCUT2D eigenvalue weighted by Crippen LogP contribution is 2.19. The summed E-state index contributed by atoms with van der Waals surface area (Å²) in [4.78, 5) is 12.0. The number of amides is 1. The molecule has 0 aromatic heterocycles. The SMILES string of the molecule is COc1cccc(NCC(=O)Nc2cccc(OC(C)C)c2)c1. The zero-order valence-electron chi connectivity index (χ0n) is 13.6. The van der Waals surface area contributed by atoms with Crippen LogP contribution in [0.2, 0.25) is 0 Å². The summed E-state index contributed by atoms with van der Waals surface area (Å²) in [6.45, 7) is 4.09. The third-order valence-corrected chi connectivity index (χ3v) is 3.01. The molecule has 122 valence electrons. The second kappa shape index (κ2) is 8.08. The van der Waals surface area contributed by atoms with E-state index in [2.05, 4.69) is 10.6 Å². The Morgan fingerprint density at radius 1 is 1.04 bits per heavy atom. The Balaban J connectivity index is 1.89. The molecule has 0 fully saturated rings. The fourth-order valence-electron chi connectivity index (χ4n) is 2.04. The molecule has 5 nitrogen and oxygen atoms in total. The molecule has 0 saturated heterocycles.